The first-order chi connectivity index (χ1) is 15.3. The van der Waals surface area contributed by atoms with Gasteiger partial charge in [0.25, 0.3) is 15.9 Å². The van der Waals surface area contributed by atoms with Gasteiger partial charge in [0.05, 0.1) is 16.3 Å². The molecule has 0 saturated carbocycles. The number of nitrogens with one attached hydrogen (secondary N) is 1. The maximum absolute atomic E-state index is 12.9. The van der Waals surface area contributed by atoms with Gasteiger partial charge in [-0.25, -0.2) is 18.1 Å². The van der Waals surface area contributed by atoms with Crippen molar-refractivity contribution < 1.29 is 13.2 Å². The predicted molar refractivity (Wildman–Crippen MR) is 123 cm³/mol. The van der Waals surface area contributed by atoms with Gasteiger partial charge in [-0.2, -0.15) is 5.10 Å². The van der Waals surface area contributed by atoms with E-state index in [1.807, 2.05) is 19.1 Å². The third-order valence-electron chi connectivity index (χ3n) is 4.98. The third kappa shape index (κ3) is 4.37. The molecule has 1 heterocycles. The molecule has 4 rings (SSSR count). The van der Waals surface area contributed by atoms with Crippen molar-refractivity contribution in [3.05, 3.63) is 96.6 Å². The van der Waals surface area contributed by atoms with Crippen molar-refractivity contribution in [3.8, 4) is 5.69 Å². The van der Waals surface area contributed by atoms with Crippen LogP contribution in [0.5, 0.6) is 0 Å². The standard InChI is InChI=1S/C23H21N5O3S/c1-17-3-13-22(14-4-17)32(30,31)27(2)20-9-5-18(6-10-20)23(29)26-19-7-11-21(12-8-19)28-16-24-15-25-28/h3-16H,1-2H3,(H,26,29). The van der Waals surface area contributed by atoms with E-state index in [0.717, 1.165) is 11.3 Å². The maximum atomic E-state index is 12.9. The van der Waals surface area contributed by atoms with Crippen LogP contribution in [-0.4, -0.2) is 36.1 Å². The van der Waals surface area contributed by atoms with E-state index in [-0.39, 0.29) is 10.8 Å². The molecule has 32 heavy (non-hydrogen) atoms. The third-order valence-corrected chi connectivity index (χ3v) is 6.78. The summed E-state index contributed by atoms with van der Waals surface area (Å²) >= 11 is 0. The molecule has 0 spiro atoms. The minimum absolute atomic E-state index is 0.210. The van der Waals surface area contributed by atoms with Crippen LogP contribution in [0.1, 0.15) is 15.9 Å². The average molecular weight is 448 g/mol. The number of hydrogen-bond acceptors (Lipinski definition) is 5. The molecule has 0 fully saturated rings. The van der Waals surface area contributed by atoms with E-state index < -0.39 is 10.0 Å². The topological polar surface area (TPSA) is 97.2 Å². The number of carbonyl (C=O) groups is 1. The molecule has 0 bridgehead atoms. The van der Waals surface area contributed by atoms with Crippen LogP contribution in [0, 0.1) is 6.92 Å². The summed E-state index contributed by atoms with van der Waals surface area (Å²) in [5, 5.41) is 6.88. The van der Waals surface area contributed by atoms with Crippen LogP contribution < -0.4 is 9.62 Å². The van der Waals surface area contributed by atoms with Gasteiger partial charge in [0.15, 0.2) is 0 Å². The highest BCUT2D eigenvalue weighted by Gasteiger charge is 2.21. The Morgan fingerprint density at radius 1 is 0.938 bits per heavy atom. The molecule has 3 aromatic carbocycles. The highest BCUT2D eigenvalue weighted by Crippen LogP contribution is 2.23. The number of aromatic nitrogens is 3. The van der Waals surface area contributed by atoms with Gasteiger partial charge in [-0.1, -0.05) is 17.7 Å². The zero-order valence-electron chi connectivity index (χ0n) is 17.5. The molecule has 1 N–H and O–H groups in total. The van der Waals surface area contributed by atoms with E-state index in [2.05, 4.69) is 15.4 Å². The van der Waals surface area contributed by atoms with Crippen LogP contribution in [-0.2, 0) is 10.0 Å². The van der Waals surface area contributed by atoms with Gasteiger partial charge in [-0.3, -0.25) is 9.10 Å². The molecule has 9 heteroatoms. The fraction of sp³-hybridized carbons (Fsp3) is 0.0870. The second-order valence-corrected chi connectivity index (χ2v) is 9.14. The van der Waals surface area contributed by atoms with Crippen LogP contribution >= 0.6 is 0 Å². The van der Waals surface area contributed by atoms with Crippen LogP contribution in [0.15, 0.2) is 90.3 Å². The number of aryl methyl sites for hydroxylation is 1. The Balaban J connectivity index is 1.46. The number of hydrogen-bond donors (Lipinski definition) is 1. The lowest BCUT2D eigenvalue weighted by Crippen LogP contribution is -2.26. The molecule has 4 aromatic rings. The summed E-state index contributed by atoms with van der Waals surface area (Å²) in [6.45, 7) is 1.90. The molecule has 0 saturated heterocycles. The summed E-state index contributed by atoms with van der Waals surface area (Å²) in [6, 6.07) is 20.2. The molecular formula is C23H21N5O3S. The maximum Gasteiger partial charge on any atom is 0.264 e. The van der Waals surface area contributed by atoms with Crippen molar-refractivity contribution in [1.29, 1.82) is 0 Å². The lowest BCUT2D eigenvalue weighted by atomic mass is 10.2. The van der Waals surface area contributed by atoms with Crippen LogP contribution in [0.3, 0.4) is 0 Å². The molecule has 162 valence electrons. The van der Waals surface area contributed by atoms with Gasteiger partial charge >= 0.3 is 0 Å². The lowest BCUT2D eigenvalue weighted by molar-refractivity contribution is 0.102. The number of sulfonamides is 1. The Hall–Kier alpha value is -3.98. The fourth-order valence-electron chi connectivity index (χ4n) is 3.07. The van der Waals surface area contributed by atoms with Crippen molar-refractivity contribution >= 4 is 27.3 Å². The predicted octanol–water partition coefficient (Wildman–Crippen LogP) is 3.65. The van der Waals surface area contributed by atoms with Gasteiger partial charge in [0, 0.05) is 18.3 Å². The van der Waals surface area contributed by atoms with E-state index >= 15 is 0 Å². The Morgan fingerprint density at radius 2 is 1.59 bits per heavy atom. The Morgan fingerprint density at radius 3 is 2.19 bits per heavy atom. The summed E-state index contributed by atoms with van der Waals surface area (Å²) in [4.78, 5) is 16.7. The second-order valence-electron chi connectivity index (χ2n) is 7.17. The molecule has 1 amide bonds. The second kappa shape index (κ2) is 8.64. The highest BCUT2D eigenvalue weighted by atomic mass is 32.2. The van der Waals surface area contributed by atoms with E-state index in [0.29, 0.717) is 16.9 Å². The molecule has 8 nitrogen and oxygen atoms in total. The Bertz CT molecular complexity index is 1320. The van der Waals surface area contributed by atoms with Gasteiger partial charge in [0.1, 0.15) is 12.7 Å². The first-order valence-electron chi connectivity index (χ1n) is 9.77. The monoisotopic (exact) mass is 447 g/mol. The molecule has 0 aliphatic carbocycles. The first kappa shape index (κ1) is 21.3. The Labute approximate surface area is 186 Å². The molecule has 0 aliphatic rings. The van der Waals surface area contributed by atoms with Gasteiger partial charge in [-0.15, -0.1) is 0 Å². The summed E-state index contributed by atoms with van der Waals surface area (Å²) in [7, 11) is -2.20. The molecule has 1 aromatic heterocycles. The van der Waals surface area contributed by atoms with Crippen LogP contribution in [0.2, 0.25) is 0 Å². The summed E-state index contributed by atoms with van der Waals surface area (Å²) < 4.78 is 28.5. The molecular weight excluding hydrogens is 426 g/mol. The largest absolute Gasteiger partial charge is 0.322 e. The Kier molecular flexibility index (Phi) is 5.74. The number of rotatable bonds is 6. The van der Waals surface area contributed by atoms with E-state index in [1.165, 1.54) is 17.7 Å². The van der Waals surface area contributed by atoms with Gasteiger partial charge in [-0.05, 0) is 67.6 Å². The van der Waals surface area contributed by atoms with Gasteiger partial charge < -0.3 is 5.32 Å². The first-order valence-corrected chi connectivity index (χ1v) is 11.2. The van der Waals surface area contributed by atoms with Crippen molar-refractivity contribution in [2.45, 2.75) is 11.8 Å². The minimum atomic E-state index is -3.69. The molecule has 0 atom stereocenters. The zero-order valence-corrected chi connectivity index (χ0v) is 18.3. The zero-order chi connectivity index (χ0) is 22.7. The smallest absolute Gasteiger partial charge is 0.264 e. The van der Waals surface area contributed by atoms with Crippen molar-refractivity contribution in [2.24, 2.45) is 0 Å². The van der Waals surface area contributed by atoms with Crippen molar-refractivity contribution in [2.75, 3.05) is 16.7 Å². The normalized spacial score (nSPS) is 11.2. The molecule has 0 radical (unpaired) electrons. The number of benzene rings is 3. The van der Waals surface area contributed by atoms with Crippen molar-refractivity contribution in [3.63, 3.8) is 0 Å². The summed E-state index contributed by atoms with van der Waals surface area (Å²) in [5.74, 6) is -0.297. The SMILES string of the molecule is Cc1ccc(S(=O)(=O)N(C)c2ccc(C(=O)Nc3ccc(-n4cncn4)cc3)cc2)cc1. The van der Waals surface area contributed by atoms with E-state index in [4.69, 9.17) is 0 Å². The number of nitrogens with zero attached hydrogens (tertiary/aromatic N) is 4. The van der Waals surface area contributed by atoms with Gasteiger partial charge in [0.2, 0.25) is 0 Å². The average Bonchev–Trinajstić information content (AvgIpc) is 3.34. The number of amides is 1. The molecule has 0 aliphatic heterocycles. The number of carbonyl (C=O) groups excluding carboxylic acids is 1. The summed E-state index contributed by atoms with van der Waals surface area (Å²) in [5.41, 5.74) is 3.30. The van der Waals surface area contributed by atoms with E-state index in [9.17, 15) is 13.2 Å². The molecule has 0 unspecified atom stereocenters. The lowest BCUT2D eigenvalue weighted by Gasteiger charge is -2.20. The van der Waals surface area contributed by atoms with E-state index in [1.54, 1.807) is 71.7 Å². The summed E-state index contributed by atoms with van der Waals surface area (Å²) in [6.07, 6.45) is 3.04. The van der Waals surface area contributed by atoms with Crippen LogP contribution in [0.25, 0.3) is 5.69 Å². The number of anilines is 2. The van der Waals surface area contributed by atoms with Crippen LogP contribution in [0.4, 0.5) is 11.4 Å². The van der Waals surface area contributed by atoms with Crippen molar-refractivity contribution in [1.82, 2.24) is 14.8 Å². The highest BCUT2D eigenvalue weighted by molar-refractivity contribution is 7.92. The quantitative estimate of drug-likeness (QED) is 0.487. The fourth-order valence-corrected chi connectivity index (χ4v) is 4.27. The minimum Gasteiger partial charge on any atom is -0.322 e.